The van der Waals surface area contributed by atoms with Gasteiger partial charge in [-0.2, -0.15) is 18.2 Å². The molecule has 8 heteroatoms. The second-order valence-corrected chi connectivity index (χ2v) is 4.19. The summed E-state index contributed by atoms with van der Waals surface area (Å²) in [7, 11) is 0. The smallest absolute Gasteiger partial charge is 0.406 e. The van der Waals surface area contributed by atoms with Crippen molar-refractivity contribution in [2.45, 2.75) is 26.1 Å². The van der Waals surface area contributed by atoms with E-state index in [1.54, 1.807) is 13.8 Å². The van der Waals surface area contributed by atoms with Crippen LogP contribution in [0.4, 0.5) is 19.1 Å². The maximum absolute atomic E-state index is 12.5. The Bertz CT molecular complexity index is 398. The van der Waals surface area contributed by atoms with Gasteiger partial charge in [0.2, 0.25) is 11.8 Å². The Morgan fingerprint density at radius 2 is 2.11 bits per heavy atom. The minimum atomic E-state index is -4.34. The van der Waals surface area contributed by atoms with Gasteiger partial charge in [0.15, 0.2) is 0 Å². The van der Waals surface area contributed by atoms with Crippen LogP contribution in [0.2, 0.25) is 0 Å². The normalized spacial score (nSPS) is 11.7. The van der Waals surface area contributed by atoms with Gasteiger partial charge in [0.1, 0.15) is 6.54 Å². The summed E-state index contributed by atoms with van der Waals surface area (Å²) in [4.78, 5) is 8.76. The van der Waals surface area contributed by atoms with Crippen LogP contribution in [-0.2, 0) is 0 Å². The van der Waals surface area contributed by atoms with Crippen LogP contribution in [0, 0.1) is 0 Å². The number of aromatic nitrogens is 2. The number of nitrogens with zero attached hydrogens (tertiary/aromatic N) is 3. The second-order valence-electron chi connectivity index (χ2n) is 4.19. The Balaban J connectivity index is 2.89. The van der Waals surface area contributed by atoms with Crippen LogP contribution in [0.1, 0.15) is 13.8 Å². The van der Waals surface area contributed by atoms with Crippen LogP contribution < -0.4 is 15.4 Å². The lowest BCUT2D eigenvalue weighted by Crippen LogP contribution is -2.38. The first-order valence-electron chi connectivity index (χ1n) is 5.83. The third kappa shape index (κ3) is 5.73. The highest BCUT2D eigenvalue weighted by molar-refractivity contribution is 5.32. The highest BCUT2D eigenvalue weighted by Crippen LogP contribution is 2.20. The van der Waals surface area contributed by atoms with E-state index in [-0.39, 0.29) is 31.0 Å². The van der Waals surface area contributed by atoms with E-state index in [9.17, 15) is 13.2 Å². The van der Waals surface area contributed by atoms with Gasteiger partial charge in [-0.15, -0.1) is 0 Å². The van der Waals surface area contributed by atoms with E-state index < -0.39 is 12.7 Å². The van der Waals surface area contributed by atoms with Gasteiger partial charge in [0.25, 0.3) is 0 Å². The first kappa shape index (κ1) is 15.5. The second kappa shape index (κ2) is 6.55. The molecule has 0 bridgehead atoms. The average Bonchev–Trinajstić information content (AvgIpc) is 2.26. The molecule has 2 N–H and O–H groups in total. The Morgan fingerprint density at radius 3 is 2.63 bits per heavy atom. The van der Waals surface area contributed by atoms with Crippen molar-refractivity contribution in [3.63, 3.8) is 0 Å². The predicted octanol–water partition coefficient (Wildman–Crippen LogP) is 1.59. The number of rotatable bonds is 6. The van der Waals surface area contributed by atoms with Crippen molar-refractivity contribution in [2.24, 2.45) is 5.73 Å². The monoisotopic (exact) mass is 278 g/mol. The lowest BCUT2D eigenvalue weighted by atomic mass is 10.4. The van der Waals surface area contributed by atoms with Crippen LogP contribution in [-0.4, -0.2) is 41.9 Å². The van der Waals surface area contributed by atoms with E-state index in [4.69, 9.17) is 10.5 Å². The summed E-state index contributed by atoms with van der Waals surface area (Å²) < 4.78 is 42.7. The zero-order chi connectivity index (χ0) is 14.5. The average molecular weight is 278 g/mol. The van der Waals surface area contributed by atoms with Crippen LogP contribution in [0.5, 0.6) is 5.88 Å². The van der Waals surface area contributed by atoms with Crippen molar-refractivity contribution in [3.8, 4) is 5.88 Å². The summed E-state index contributed by atoms with van der Waals surface area (Å²) in [5, 5.41) is 0. The van der Waals surface area contributed by atoms with E-state index in [0.29, 0.717) is 0 Å². The highest BCUT2D eigenvalue weighted by Gasteiger charge is 2.31. The molecule has 0 spiro atoms. The van der Waals surface area contributed by atoms with Gasteiger partial charge in [-0.25, -0.2) is 4.98 Å². The molecular formula is C11H17F3N4O. The Kier molecular flexibility index (Phi) is 5.34. The molecule has 0 aliphatic heterocycles. The molecule has 0 aliphatic carbocycles. The summed E-state index contributed by atoms with van der Waals surface area (Å²) in [5.41, 5.74) is 5.31. The molecule has 0 aromatic carbocycles. The fourth-order valence-electron chi connectivity index (χ4n) is 1.41. The molecule has 0 saturated heterocycles. The topological polar surface area (TPSA) is 64.3 Å². The number of ether oxygens (including phenoxy) is 1. The standard InChI is InChI=1S/C11H17F3N4O/c1-8(2)19-9-3-5-16-10(17-9)18(6-4-15)7-11(12,13)14/h3,5,8H,4,6-7,15H2,1-2H3. The Labute approximate surface area is 109 Å². The van der Waals surface area contributed by atoms with Gasteiger partial charge in [0.05, 0.1) is 6.10 Å². The van der Waals surface area contributed by atoms with Crippen molar-refractivity contribution >= 4 is 5.95 Å². The first-order chi connectivity index (χ1) is 8.81. The molecule has 0 atom stereocenters. The number of halogens is 3. The van der Waals surface area contributed by atoms with Gasteiger partial charge >= 0.3 is 6.18 Å². The quantitative estimate of drug-likeness (QED) is 0.856. The number of anilines is 1. The lowest BCUT2D eigenvalue weighted by molar-refractivity contribution is -0.119. The zero-order valence-corrected chi connectivity index (χ0v) is 10.8. The fourth-order valence-corrected chi connectivity index (χ4v) is 1.41. The lowest BCUT2D eigenvalue weighted by Gasteiger charge is -2.23. The van der Waals surface area contributed by atoms with Crippen molar-refractivity contribution in [3.05, 3.63) is 12.3 Å². The molecule has 0 unspecified atom stereocenters. The number of hydrogen-bond acceptors (Lipinski definition) is 5. The molecular weight excluding hydrogens is 261 g/mol. The van der Waals surface area contributed by atoms with Crippen LogP contribution in [0.25, 0.3) is 0 Å². The largest absolute Gasteiger partial charge is 0.475 e. The van der Waals surface area contributed by atoms with Crippen LogP contribution in [0.3, 0.4) is 0 Å². The third-order valence-corrected chi connectivity index (χ3v) is 2.03. The van der Waals surface area contributed by atoms with Crippen molar-refractivity contribution in [1.29, 1.82) is 0 Å². The number of hydrogen-bond donors (Lipinski definition) is 1. The van der Waals surface area contributed by atoms with E-state index in [0.717, 1.165) is 4.90 Å². The summed E-state index contributed by atoms with van der Waals surface area (Å²) in [6.07, 6.45) is -3.10. The zero-order valence-electron chi connectivity index (χ0n) is 10.8. The molecule has 5 nitrogen and oxygen atoms in total. The molecule has 1 aromatic heterocycles. The van der Waals surface area contributed by atoms with Gasteiger partial charge in [-0.1, -0.05) is 0 Å². The highest BCUT2D eigenvalue weighted by atomic mass is 19.4. The minimum Gasteiger partial charge on any atom is -0.475 e. The summed E-state index contributed by atoms with van der Waals surface area (Å²) in [6.45, 7) is 2.55. The summed E-state index contributed by atoms with van der Waals surface area (Å²) in [6, 6.07) is 1.50. The molecule has 1 heterocycles. The Morgan fingerprint density at radius 1 is 1.42 bits per heavy atom. The van der Waals surface area contributed by atoms with Crippen LogP contribution >= 0.6 is 0 Å². The number of alkyl halides is 3. The van der Waals surface area contributed by atoms with E-state index >= 15 is 0 Å². The molecule has 108 valence electrons. The van der Waals surface area contributed by atoms with Crippen LogP contribution in [0.15, 0.2) is 12.3 Å². The molecule has 1 aromatic rings. The predicted molar refractivity (Wildman–Crippen MR) is 65.1 cm³/mol. The van der Waals surface area contributed by atoms with E-state index in [2.05, 4.69) is 9.97 Å². The van der Waals surface area contributed by atoms with Crippen molar-refractivity contribution < 1.29 is 17.9 Å². The van der Waals surface area contributed by atoms with Gasteiger partial charge in [-0.05, 0) is 13.8 Å². The van der Waals surface area contributed by atoms with Crippen molar-refractivity contribution in [1.82, 2.24) is 9.97 Å². The first-order valence-corrected chi connectivity index (χ1v) is 5.83. The fraction of sp³-hybridized carbons (Fsp3) is 0.636. The third-order valence-electron chi connectivity index (χ3n) is 2.03. The van der Waals surface area contributed by atoms with Gasteiger partial charge in [0, 0.05) is 25.4 Å². The minimum absolute atomic E-state index is 0.0185. The summed E-state index contributed by atoms with van der Waals surface area (Å²) >= 11 is 0. The maximum Gasteiger partial charge on any atom is 0.406 e. The van der Waals surface area contributed by atoms with E-state index in [1.807, 2.05) is 0 Å². The molecule has 0 amide bonds. The Hall–Kier alpha value is -1.57. The summed E-state index contributed by atoms with van der Waals surface area (Å²) in [5.74, 6) is 0.199. The molecule has 0 aliphatic rings. The molecule has 0 fully saturated rings. The molecule has 0 saturated carbocycles. The molecule has 1 rings (SSSR count). The number of nitrogens with two attached hydrogens (primary N) is 1. The molecule has 0 radical (unpaired) electrons. The SMILES string of the molecule is CC(C)Oc1ccnc(N(CCN)CC(F)(F)F)n1. The van der Waals surface area contributed by atoms with Crippen molar-refractivity contribution in [2.75, 3.05) is 24.5 Å². The van der Waals surface area contributed by atoms with Gasteiger partial charge < -0.3 is 15.4 Å². The van der Waals surface area contributed by atoms with Gasteiger partial charge in [-0.3, -0.25) is 0 Å². The molecule has 19 heavy (non-hydrogen) atoms. The maximum atomic E-state index is 12.5. The van der Waals surface area contributed by atoms with E-state index in [1.165, 1.54) is 12.3 Å².